The lowest BCUT2D eigenvalue weighted by Gasteiger charge is -2.45. The first-order chi connectivity index (χ1) is 13.5. The molecule has 154 valence electrons. The SMILES string of the molecule is CN(C)CCNC(=O)C1Cn2ccnc2C2(CCN(C(=O)CC3CC3)CC2)O1. The van der Waals surface area contributed by atoms with Gasteiger partial charge in [-0.2, -0.15) is 0 Å². The molecule has 2 amide bonds. The molecule has 2 fully saturated rings. The molecule has 1 unspecified atom stereocenters. The highest BCUT2D eigenvalue weighted by Crippen LogP contribution is 2.41. The number of ether oxygens (including phenoxy) is 1. The van der Waals surface area contributed by atoms with Crippen LogP contribution in [-0.2, 0) is 26.5 Å². The number of likely N-dealkylation sites (tertiary alicyclic amines) is 1. The summed E-state index contributed by atoms with van der Waals surface area (Å²) in [5, 5.41) is 2.98. The highest BCUT2D eigenvalue weighted by Gasteiger charge is 2.47. The molecular weight excluding hydrogens is 358 g/mol. The van der Waals surface area contributed by atoms with Crippen LogP contribution in [0.4, 0.5) is 0 Å². The fourth-order valence-electron chi connectivity index (χ4n) is 4.21. The zero-order valence-electron chi connectivity index (χ0n) is 16.9. The minimum absolute atomic E-state index is 0.0761. The molecule has 4 rings (SSSR count). The van der Waals surface area contributed by atoms with Crippen LogP contribution in [0, 0.1) is 5.92 Å². The van der Waals surface area contributed by atoms with Crippen molar-refractivity contribution in [3.8, 4) is 0 Å². The number of likely N-dealkylation sites (N-methyl/N-ethyl adjacent to an activating group) is 1. The highest BCUT2D eigenvalue weighted by atomic mass is 16.5. The van der Waals surface area contributed by atoms with Gasteiger partial charge in [0.2, 0.25) is 5.91 Å². The maximum Gasteiger partial charge on any atom is 0.251 e. The molecule has 0 bridgehead atoms. The molecule has 1 spiro atoms. The molecule has 0 aromatic carbocycles. The van der Waals surface area contributed by atoms with E-state index in [4.69, 9.17) is 4.74 Å². The third kappa shape index (κ3) is 4.07. The molecule has 1 N–H and O–H groups in total. The molecule has 0 radical (unpaired) electrons. The van der Waals surface area contributed by atoms with Crippen LogP contribution < -0.4 is 5.32 Å². The molecule has 3 aliphatic rings. The Kier molecular flexibility index (Phi) is 5.42. The quantitative estimate of drug-likeness (QED) is 0.770. The van der Waals surface area contributed by atoms with Crippen LogP contribution >= 0.6 is 0 Å². The van der Waals surface area contributed by atoms with Gasteiger partial charge >= 0.3 is 0 Å². The maximum absolute atomic E-state index is 12.7. The van der Waals surface area contributed by atoms with Crippen molar-refractivity contribution >= 4 is 11.8 Å². The summed E-state index contributed by atoms with van der Waals surface area (Å²) in [4.78, 5) is 33.7. The maximum atomic E-state index is 12.7. The number of piperidine rings is 1. The molecule has 1 atom stereocenters. The van der Waals surface area contributed by atoms with Gasteiger partial charge in [-0.25, -0.2) is 4.98 Å². The van der Waals surface area contributed by atoms with E-state index in [1.54, 1.807) is 6.20 Å². The van der Waals surface area contributed by atoms with Crippen LogP contribution in [0.3, 0.4) is 0 Å². The van der Waals surface area contributed by atoms with Crippen LogP contribution in [-0.4, -0.2) is 77.5 Å². The Bertz CT molecular complexity index is 719. The summed E-state index contributed by atoms with van der Waals surface area (Å²) in [6.07, 6.45) is 7.59. The number of carbonyl (C=O) groups excluding carboxylic acids is 2. The number of aromatic nitrogens is 2. The second kappa shape index (κ2) is 7.83. The number of hydrogen-bond acceptors (Lipinski definition) is 5. The summed E-state index contributed by atoms with van der Waals surface area (Å²) >= 11 is 0. The molecule has 8 heteroatoms. The number of rotatable bonds is 6. The standard InChI is InChI=1S/C20H31N5O3/c1-23(2)11-7-21-18(27)16-14-25-12-8-22-19(25)20(28-16)5-9-24(10-6-20)17(26)13-15-3-4-15/h8,12,15-16H,3-7,9-11,13-14H2,1-2H3,(H,21,27). The molecule has 1 aliphatic carbocycles. The van der Waals surface area contributed by atoms with E-state index < -0.39 is 11.7 Å². The van der Waals surface area contributed by atoms with Crippen LogP contribution in [0.5, 0.6) is 0 Å². The van der Waals surface area contributed by atoms with E-state index in [-0.39, 0.29) is 11.8 Å². The largest absolute Gasteiger partial charge is 0.352 e. The number of nitrogens with one attached hydrogen (secondary N) is 1. The predicted molar refractivity (Wildman–Crippen MR) is 103 cm³/mol. The van der Waals surface area contributed by atoms with Gasteiger partial charge in [0.25, 0.3) is 5.91 Å². The number of amides is 2. The smallest absolute Gasteiger partial charge is 0.251 e. The summed E-state index contributed by atoms with van der Waals surface area (Å²) in [7, 11) is 3.96. The van der Waals surface area contributed by atoms with Crippen LogP contribution in [0.1, 0.15) is 37.9 Å². The van der Waals surface area contributed by atoms with Crippen molar-refractivity contribution < 1.29 is 14.3 Å². The molecular formula is C20H31N5O3. The molecule has 1 aromatic heterocycles. The number of nitrogens with zero attached hydrogens (tertiary/aromatic N) is 4. The molecule has 1 aromatic rings. The minimum Gasteiger partial charge on any atom is -0.352 e. The fraction of sp³-hybridized carbons (Fsp3) is 0.750. The van der Waals surface area contributed by atoms with Crippen molar-refractivity contribution in [2.45, 2.75) is 50.4 Å². The third-order valence-corrected chi connectivity index (χ3v) is 6.09. The lowest BCUT2D eigenvalue weighted by molar-refractivity contribution is -0.176. The van der Waals surface area contributed by atoms with Gasteiger partial charge < -0.3 is 24.4 Å². The summed E-state index contributed by atoms with van der Waals surface area (Å²) in [6.45, 7) is 3.19. The van der Waals surface area contributed by atoms with E-state index in [1.807, 2.05) is 34.7 Å². The third-order valence-electron chi connectivity index (χ3n) is 6.09. The fourth-order valence-corrected chi connectivity index (χ4v) is 4.21. The molecule has 28 heavy (non-hydrogen) atoms. The van der Waals surface area contributed by atoms with Crippen LogP contribution in [0.15, 0.2) is 12.4 Å². The average Bonchev–Trinajstić information content (AvgIpc) is 3.34. The molecule has 2 aliphatic heterocycles. The first-order valence-corrected chi connectivity index (χ1v) is 10.4. The number of carbonyl (C=O) groups is 2. The Balaban J connectivity index is 1.41. The van der Waals surface area contributed by atoms with E-state index in [2.05, 4.69) is 10.3 Å². The first-order valence-electron chi connectivity index (χ1n) is 10.4. The molecule has 3 heterocycles. The summed E-state index contributed by atoms with van der Waals surface area (Å²) < 4.78 is 8.44. The lowest BCUT2D eigenvalue weighted by atomic mass is 9.88. The second-order valence-corrected chi connectivity index (χ2v) is 8.63. The van der Waals surface area contributed by atoms with Crippen molar-refractivity contribution in [3.05, 3.63) is 18.2 Å². The lowest BCUT2D eigenvalue weighted by Crippen LogP contribution is -2.55. The van der Waals surface area contributed by atoms with E-state index in [1.165, 1.54) is 12.8 Å². The molecule has 8 nitrogen and oxygen atoms in total. The van der Waals surface area contributed by atoms with Crippen molar-refractivity contribution in [3.63, 3.8) is 0 Å². The summed E-state index contributed by atoms with van der Waals surface area (Å²) in [5.41, 5.74) is -0.582. The van der Waals surface area contributed by atoms with E-state index in [0.29, 0.717) is 51.4 Å². The average molecular weight is 390 g/mol. The van der Waals surface area contributed by atoms with E-state index in [9.17, 15) is 9.59 Å². The second-order valence-electron chi connectivity index (χ2n) is 8.63. The first kappa shape index (κ1) is 19.4. The topological polar surface area (TPSA) is 79.7 Å². The Morgan fingerprint density at radius 1 is 1.32 bits per heavy atom. The Morgan fingerprint density at radius 3 is 2.75 bits per heavy atom. The zero-order valence-corrected chi connectivity index (χ0v) is 16.9. The van der Waals surface area contributed by atoms with Gasteiger partial charge in [-0.05, 0) is 32.9 Å². The van der Waals surface area contributed by atoms with Crippen molar-refractivity contribution in [2.24, 2.45) is 5.92 Å². The number of imidazole rings is 1. The van der Waals surface area contributed by atoms with Crippen molar-refractivity contribution in [1.29, 1.82) is 0 Å². The monoisotopic (exact) mass is 389 g/mol. The van der Waals surface area contributed by atoms with Crippen molar-refractivity contribution in [1.82, 2.24) is 24.7 Å². The normalized spacial score (nSPS) is 23.7. The van der Waals surface area contributed by atoms with Gasteiger partial charge in [0.1, 0.15) is 11.4 Å². The highest BCUT2D eigenvalue weighted by molar-refractivity contribution is 5.81. The van der Waals surface area contributed by atoms with Gasteiger partial charge in [0.15, 0.2) is 6.10 Å². The molecule has 1 saturated heterocycles. The predicted octanol–water partition coefficient (Wildman–Crippen LogP) is 0.578. The minimum atomic E-state index is -0.582. The van der Waals surface area contributed by atoms with Gasteiger partial charge in [-0.3, -0.25) is 9.59 Å². The van der Waals surface area contributed by atoms with Gasteiger partial charge in [-0.1, -0.05) is 0 Å². The van der Waals surface area contributed by atoms with E-state index in [0.717, 1.165) is 12.4 Å². The number of fused-ring (bicyclic) bond motifs is 2. The Hall–Kier alpha value is -1.93. The summed E-state index contributed by atoms with van der Waals surface area (Å²) in [5.74, 6) is 1.67. The van der Waals surface area contributed by atoms with E-state index >= 15 is 0 Å². The molecule has 1 saturated carbocycles. The van der Waals surface area contributed by atoms with Gasteiger partial charge in [-0.15, -0.1) is 0 Å². The summed E-state index contributed by atoms with van der Waals surface area (Å²) in [6, 6.07) is 0. The Morgan fingerprint density at radius 2 is 2.07 bits per heavy atom. The number of hydrogen-bond donors (Lipinski definition) is 1. The Labute approximate surface area is 166 Å². The van der Waals surface area contributed by atoms with Crippen LogP contribution in [0.25, 0.3) is 0 Å². The van der Waals surface area contributed by atoms with Crippen molar-refractivity contribution in [2.75, 3.05) is 40.3 Å². The van der Waals surface area contributed by atoms with Gasteiger partial charge in [0.05, 0.1) is 6.54 Å². The zero-order chi connectivity index (χ0) is 19.7. The van der Waals surface area contributed by atoms with Crippen LogP contribution in [0.2, 0.25) is 0 Å². The van der Waals surface area contributed by atoms with Gasteiger partial charge in [0, 0.05) is 57.8 Å².